The number of hydrogen-bond donors (Lipinski definition) is 0. The van der Waals surface area contributed by atoms with E-state index in [0.29, 0.717) is 17.6 Å². The quantitative estimate of drug-likeness (QED) is 0.687. The second kappa shape index (κ2) is 4.57. The molecule has 2 fully saturated rings. The maximum atomic E-state index is 11.9. The van der Waals surface area contributed by atoms with Gasteiger partial charge >= 0.3 is 0 Å². The van der Waals surface area contributed by atoms with Gasteiger partial charge in [-0.1, -0.05) is 40.2 Å². The van der Waals surface area contributed by atoms with E-state index in [4.69, 9.17) is 4.43 Å². The molecular weight excluding hydrogens is 288 g/mol. The van der Waals surface area contributed by atoms with Crippen molar-refractivity contribution in [3.8, 4) is 0 Å². The standard InChI is InChI=1S/C19H32O2Si/c1-17(2,3)22(6,7)21-12-19(5)15-8-9-18(19,4)16-11-13(20)10-14(15)16/h11,14-15H,8-10,12H2,1-7H3/t14-,15-,18+,19-/m0/s1. The number of hydrogen-bond acceptors (Lipinski definition) is 2. The van der Waals surface area contributed by atoms with Gasteiger partial charge in [0, 0.05) is 18.4 Å². The molecule has 0 amide bonds. The lowest BCUT2D eigenvalue weighted by Gasteiger charge is -2.43. The van der Waals surface area contributed by atoms with Crippen LogP contribution >= 0.6 is 0 Å². The highest BCUT2D eigenvalue weighted by Gasteiger charge is 2.67. The van der Waals surface area contributed by atoms with Crippen molar-refractivity contribution in [3.05, 3.63) is 11.6 Å². The van der Waals surface area contributed by atoms with Gasteiger partial charge in [0.05, 0.1) is 0 Å². The van der Waals surface area contributed by atoms with E-state index >= 15 is 0 Å². The zero-order chi connectivity index (χ0) is 16.6. The SMILES string of the molecule is CC(C)(C)[Si](C)(C)OC[C@@]1(C)[C@H]2CC[C@]1(C)C1=CC(=O)C[C@H]12. The Kier molecular flexibility index (Phi) is 3.41. The van der Waals surface area contributed by atoms with Crippen molar-refractivity contribution in [2.75, 3.05) is 6.61 Å². The molecule has 2 saturated carbocycles. The van der Waals surface area contributed by atoms with Gasteiger partial charge in [-0.05, 0) is 54.3 Å². The molecule has 0 N–H and O–H groups in total. The fraction of sp³-hybridized carbons (Fsp3) is 0.842. The summed E-state index contributed by atoms with van der Waals surface area (Å²) in [6.45, 7) is 17.3. The third-order valence-electron chi connectivity index (χ3n) is 7.83. The van der Waals surface area contributed by atoms with Crippen LogP contribution < -0.4 is 0 Å². The van der Waals surface area contributed by atoms with Crippen LogP contribution in [0.25, 0.3) is 0 Å². The van der Waals surface area contributed by atoms with Gasteiger partial charge in [-0.2, -0.15) is 0 Å². The van der Waals surface area contributed by atoms with Crippen molar-refractivity contribution in [3.63, 3.8) is 0 Å². The zero-order valence-corrected chi connectivity index (χ0v) is 16.4. The van der Waals surface area contributed by atoms with Crippen LogP contribution in [-0.4, -0.2) is 20.7 Å². The summed E-state index contributed by atoms with van der Waals surface area (Å²) in [5.74, 6) is 1.50. The molecule has 0 aromatic carbocycles. The maximum absolute atomic E-state index is 11.9. The molecule has 0 spiro atoms. The van der Waals surface area contributed by atoms with Crippen molar-refractivity contribution in [1.29, 1.82) is 0 Å². The van der Waals surface area contributed by atoms with Crippen LogP contribution in [0.3, 0.4) is 0 Å². The van der Waals surface area contributed by atoms with Crippen molar-refractivity contribution < 1.29 is 9.22 Å². The first-order chi connectivity index (χ1) is 9.92. The van der Waals surface area contributed by atoms with Gasteiger partial charge in [0.25, 0.3) is 0 Å². The minimum Gasteiger partial charge on any atom is -0.416 e. The summed E-state index contributed by atoms with van der Waals surface area (Å²) in [5, 5.41) is 0.257. The van der Waals surface area contributed by atoms with Gasteiger partial charge in [0.15, 0.2) is 14.1 Å². The Bertz CT molecular complexity index is 542. The Balaban J connectivity index is 1.86. The van der Waals surface area contributed by atoms with Crippen LogP contribution in [0.15, 0.2) is 11.6 Å². The zero-order valence-electron chi connectivity index (χ0n) is 15.4. The molecule has 124 valence electrons. The van der Waals surface area contributed by atoms with E-state index in [-0.39, 0.29) is 15.9 Å². The third-order valence-corrected chi connectivity index (χ3v) is 12.3. The molecule has 2 bridgehead atoms. The number of carbonyl (C=O) groups is 1. The number of fused-ring (bicyclic) bond motifs is 5. The second-order valence-electron chi connectivity index (χ2n) is 9.82. The molecule has 0 aromatic heterocycles. The lowest BCUT2D eigenvalue weighted by atomic mass is 9.68. The molecule has 3 rings (SSSR count). The van der Waals surface area contributed by atoms with E-state index in [1.807, 2.05) is 6.08 Å². The van der Waals surface area contributed by atoms with E-state index in [1.165, 1.54) is 18.4 Å². The molecule has 3 aliphatic rings. The molecule has 0 aliphatic heterocycles. The Labute approximate surface area is 136 Å². The Morgan fingerprint density at radius 1 is 1.32 bits per heavy atom. The fourth-order valence-corrected chi connectivity index (χ4v) is 6.08. The van der Waals surface area contributed by atoms with E-state index in [2.05, 4.69) is 47.7 Å². The minimum absolute atomic E-state index is 0.177. The molecular formula is C19H32O2Si. The number of allylic oxidation sites excluding steroid dienone is 2. The monoisotopic (exact) mass is 320 g/mol. The van der Waals surface area contributed by atoms with Crippen molar-refractivity contribution >= 4 is 14.1 Å². The summed E-state index contributed by atoms with van der Waals surface area (Å²) in [4.78, 5) is 11.9. The van der Waals surface area contributed by atoms with Crippen molar-refractivity contribution in [2.45, 2.75) is 72.0 Å². The van der Waals surface area contributed by atoms with Crippen LogP contribution in [0.2, 0.25) is 18.1 Å². The predicted molar refractivity (Wildman–Crippen MR) is 93.3 cm³/mol. The van der Waals surface area contributed by atoms with Gasteiger partial charge in [-0.3, -0.25) is 4.79 Å². The topological polar surface area (TPSA) is 26.3 Å². The summed E-state index contributed by atoms with van der Waals surface area (Å²) >= 11 is 0. The maximum Gasteiger partial charge on any atom is 0.192 e. The van der Waals surface area contributed by atoms with Gasteiger partial charge in [-0.25, -0.2) is 0 Å². The largest absolute Gasteiger partial charge is 0.416 e. The molecule has 0 unspecified atom stereocenters. The minimum atomic E-state index is -1.72. The number of carbonyl (C=O) groups excluding carboxylic acids is 1. The first kappa shape index (κ1) is 16.4. The van der Waals surface area contributed by atoms with Crippen LogP contribution in [0.1, 0.15) is 53.9 Å². The predicted octanol–water partition coefficient (Wildman–Crippen LogP) is 4.96. The molecule has 3 heteroatoms. The summed E-state index contributed by atoms with van der Waals surface area (Å²) in [6.07, 6.45) is 5.23. The Morgan fingerprint density at radius 2 is 1.95 bits per heavy atom. The number of rotatable bonds is 3. The van der Waals surface area contributed by atoms with Crippen molar-refractivity contribution in [2.24, 2.45) is 22.7 Å². The van der Waals surface area contributed by atoms with Gasteiger partial charge < -0.3 is 4.43 Å². The van der Waals surface area contributed by atoms with Gasteiger partial charge in [0.1, 0.15) is 0 Å². The molecule has 3 aliphatic carbocycles. The normalized spacial score (nSPS) is 41.0. The van der Waals surface area contributed by atoms with Crippen LogP contribution in [-0.2, 0) is 9.22 Å². The molecule has 0 aromatic rings. The lowest BCUT2D eigenvalue weighted by molar-refractivity contribution is -0.114. The summed E-state index contributed by atoms with van der Waals surface area (Å²) in [6, 6.07) is 0. The van der Waals surface area contributed by atoms with E-state index in [1.54, 1.807) is 0 Å². The molecule has 4 atom stereocenters. The average molecular weight is 321 g/mol. The van der Waals surface area contributed by atoms with Gasteiger partial charge in [0.2, 0.25) is 0 Å². The first-order valence-electron chi connectivity index (χ1n) is 8.81. The number of ketones is 1. The molecule has 0 heterocycles. The first-order valence-corrected chi connectivity index (χ1v) is 11.7. The molecule has 2 nitrogen and oxygen atoms in total. The highest BCUT2D eigenvalue weighted by Crippen LogP contribution is 2.72. The van der Waals surface area contributed by atoms with Gasteiger partial charge in [-0.15, -0.1) is 0 Å². The highest BCUT2D eigenvalue weighted by molar-refractivity contribution is 6.74. The second-order valence-corrected chi connectivity index (χ2v) is 14.6. The molecule has 0 saturated heterocycles. The van der Waals surface area contributed by atoms with Crippen LogP contribution in [0, 0.1) is 22.7 Å². The fourth-order valence-electron chi connectivity index (χ4n) is 4.98. The third kappa shape index (κ3) is 1.97. The molecule has 0 radical (unpaired) electrons. The highest BCUT2D eigenvalue weighted by atomic mass is 28.4. The lowest BCUT2D eigenvalue weighted by Crippen LogP contribution is -2.46. The van der Waals surface area contributed by atoms with Crippen molar-refractivity contribution in [1.82, 2.24) is 0 Å². The smallest absolute Gasteiger partial charge is 0.192 e. The average Bonchev–Trinajstić information content (AvgIpc) is 2.92. The summed E-state index contributed by atoms with van der Waals surface area (Å²) in [5.41, 5.74) is 1.84. The summed E-state index contributed by atoms with van der Waals surface area (Å²) in [7, 11) is -1.72. The van der Waals surface area contributed by atoms with Crippen LogP contribution in [0.4, 0.5) is 0 Å². The Morgan fingerprint density at radius 3 is 2.50 bits per heavy atom. The van der Waals surface area contributed by atoms with E-state index in [0.717, 1.165) is 13.0 Å². The van der Waals surface area contributed by atoms with E-state index in [9.17, 15) is 4.79 Å². The molecule has 22 heavy (non-hydrogen) atoms. The Hall–Kier alpha value is -0.413. The summed E-state index contributed by atoms with van der Waals surface area (Å²) < 4.78 is 6.65. The van der Waals surface area contributed by atoms with E-state index < -0.39 is 8.32 Å². The van der Waals surface area contributed by atoms with Crippen LogP contribution in [0.5, 0.6) is 0 Å².